The number of carbonyl (C=O) groups excluding carboxylic acids is 1. The number of H-pyrrole nitrogens is 1. The molecule has 2 aromatic carbocycles. The van der Waals surface area contributed by atoms with Crippen molar-refractivity contribution < 1.29 is 4.79 Å². The van der Waals surface area contributed by atoms with Crippen molar-refractivity contribution in [3.05, 3.63) is 75.1 Å². The number of nitrogens with one attached hydrogen (secondary N) is 2. The minimum absolute atomic E-state index is 0.0919. The number of hydrogen-bond donors (Lipinski definition) is 2. The van der Waals surface area contributed by atoms with E-state index in [4.69, 9.17) is 0 Å². The molecule has 25 heavy (non-hydrogen) atoms. The predicted molar refractivity (Wildman–Crippen MR) is 102 cm³/mol. The van der Waals surface area contributed by atoms with Gasteiger partial charge in [-0.05, 0) is 68.1 Å². The van der Waals surface area contributed by atoms with E-state index >= 15 is 0 Å². The Kier molecular flexibility index (Phi) is 4.70. The highest BCUT2D eigenvalue weighted by molar-refractivity contribution is 5.91. The number of aryl methyl sites for hydroxylation is 4. The van der Waals surface area contributed by atoms with Crippen LogP contribution in [0, 0.1) is 20.8 Å². The second-order valence-electron chi connectivity index (χ2n) is 6.58. The zero-order valence-corrected chi connectivity index (χ0v) is 14.8. The summed E-state index contributed by atoms with van der Waals surface area (Å²) in [5, 5.41) is 3.90. The molecule has 4 heteroatoms. The maximum Gasteiger partial charge on any atom is 0.251 e. The van der Waals surface area contributed by atoms with Crippen molar-refractivity contribution in [1.29, 1.82) is 0 Å². The van der Waals surface area contributed by atoms with Crippen molar-refractivity contribution >= 4 is 22.5 Å². The Morgan fingerprint density at radius 2 is 1.84 bits per heavy atom. The van der Waals surface area contributed by atoms with Crippen LogP contribution in [0.4, 0.5) is 5.69 Å². The number of aromatic nitrogens is 1. The lowest BCUT2D eigenvalue weighted by molar-refractivity contribution is -0.116. The lowest BCUT2D eigenvalue weighted by Crippen LogP contribution is -2.17. The molecule has 1 amide bonds. The van der Waals surface area contributed by atoms with Gasteiger partial charge in [-0.2, -0.15) is 0 Å². The molecular weight excluding hydrogens is 312 g/mol. The molecule has 0 bridgehead atoms. The number of carbonyl (C=O) groups is 1. The first kappa shape index (κ1) is 17.0. The van der Waals surface area contributed by atoms with Crippen LogP contribution < -0.4 is 10.9 Å². The molecular formula is C21H22N2O2. The van der Waals surface area contributed by atoms with Gasteiger partial charge in [0.2, 0.25) is 5.91 Å². The minimum atomic E-state index is -0.124. The van der Waals surface area contributed by atoms with E-state index in [1.807, 2.05) is 57.2 Å². The van der Waals surface area contributed by atoms with E-state index in [0.717, 1.165) is 33.3 Å². The monoisotopic (exact) mass is 334 g/mol. The summed E-state index contributed by atoms with van der Waals surface area (Å²) in [5.41, 5.74) is 5.47. The van der Waals surface area contributed by atoms with Gasteiger partial charge >= 0.3 is 0 Å². The number of anilines is 1. The van der Waals surface area contributed by atoms with Crippen molar-refractivity contribution in [2.24, 2.45) is 0 Å². The van der Waals surface area contributed by atoms with E-state index in [1.54, 1.807) is 0 Å². The van der Waals surface area contributed by atoms with Gasteiger partial charge in [-0.1, -0.05) is 18.2 Å². The molecule has 3 aromatic rings. The van der Waals surface area contributed by atoms with E-state index < -0.39 is 0 Å². The molecule has 0 saturated carbocycles. The van der Waals surface area contributed by atoms with Crippen LogP contribution in [-0.4, -0.2) is 10.9 Å². The third-order valence-electron chi connectivity index (χ3n) is 4.31. The fourth-order valence-corrected chi connectivity index (χ4v) is 3.10. The number of amides is 1. The Morgan fingerprint density at radius 1 is 1.04 bits per heavy atom. The summed E-state index contributed by atoms with van der Waals surface area (Å²) in [6.45, 7) is 6.02. The highest BCUT2D eigenvalue weighted by atomic mass is 16.1. The maximum absolute atomic E-state index is 12.3. The van der Waals surface area contributed by atoms with Crippen molar-refractivity contribution in [2.45, 2.75) is 33.6 Å². The summed E-state index contributed by atoms with van der Waals surface area (Å²) in [6.07, 6.45) is 0.684. The molecule has 0 fully saturated rings. The van der Waals surface area contributed by atoms with Gasteiger partial charge in [0.1, 0.15) is 0 Å². The molecule has 0 aliphatic rings. The second-order valence-corrected chi connectivity index (χ2v) is 6.58. The average Bonchev–Trinajstić information content (AvgIpc) is 2.53. The molecule has 2 N–H and O–H groups in total. The van der Waals surface area contributed by atoms with E-state index in [0.29, 0.717) is 12.0 Å². The van der Waals surface area contributed by atoms with Crippen molar-refractivity contribution in [2.75, 3.05) is 5.32 Å². The van der Waals surface area contributed by atoms with Crippen LogP contribution in [0.3, 0.4) is 0 Å². The molecule has 0 aliphatic carbocycles. The third kappa shape index (κ3) is 3.97. The van der Waals surface area contributed by atoms with Gasteiger partial charge in [-0.15, -0.1) is 0 Å². The zero-order valence-electron chi connectivity index (χ0n) is 14.8. The number of rotatable bonds is 4. The van der Waals surface area contributed by atoms with Crippen molar-refractivity contribution in [1.82, 2.24) is 4.98 Å². The molecule has 0 atom stereocenters. The molecule has 4 nitrogen and oxygen atoms in total. The molecule has 1 heterocycles. The zero-order chi connectivity index (χ0) is 18.0. The first-order valence-corrected chi connectivity index (χ1v) is 8.42. The van der Waals surface area contributed by atoms with E-state index in [2.05, 4.69) is 16.4 Å². The summed E-state index contributed by atoms with van der Waals surface area (Å²) in [5.74, 6) is -0.0919. The number of hydrogen-bond acceptors (Lipinski definition) is 2. The Bertz CT molecular complexity index is 1000. The number of aromatic amines is 1. The molecule has 0 aliphatic heterocycles. The van der Waals surface area contributed by atoms with Crippen LogP contribution in [0.25, 0.3) is 10.9 Å². The van der Waals surface area contributed by atoms with E-state index in [-0.39, 0.29) is 17.9 Å². The van der Waals surface area contributed by atoms with Crippen molar-refractivity contribution in [3.8, 4) is 0 Å². The van der Waals surface area contributed by atoms with Gasteiger partial charge in [-0.3, -0.25) is 9.59 Å². The number of pyridine rings is 1. The minimum Gasteiger partial charge on any atom is -0.326 e. The lowest BCUT2D eigenvalue weighted by Gasteiger charge is -2.08. The molecule has 0 unspecified atom stereocenters. The smallest absolute Gasteiger partial charge is 0.251 e. The topological polar surface area (TPSA) is 62.0 Å². The van der Waals surface area contributed by atoms with Crippen molar-refractivity contribution in [3.63, 3.8) is 0 Å². The Labute approximate surface area is 146 Å². The largest absolute Gasteiger partial charge is 0.326 e. The predicted octanol–water partition coefficient (Wildman–Crippen LogP) is 4.02. The molecule has 0 saturated heterocycles. The third-order valence-corrected chi connectivity index (χ3v) is 4.31. The van der Waals surface area contributed by atoms with Crippen LogP contribution >= 0.6 is 0 Å². The Hall–Kier alpha value is -2.88. The first-order valence-electron chi connectivity index (χ1n) is 8.42. The standard InChI is InChI=1S/C21H22N2O2/c1-13-5-4-6-17(10-13)22-20(24)8-7-16-12-18-15(3)9-14(2)11-19(18)23-21(16)25/h4-6,9-12H,7-8H2,1-3H3,(H,22,24)(H,23,25). The van der Waals surface area contributed by atoms with Crippen LogP contribution in [0.1, 0.15) is 28.7 Å². The van der Waals surface area contributed by atoms with E-state index in [9.17, 15) is 9.59 Å². The molecule has 0 radical (unpaired) electrons. The van der Waals surface area contributed by atoms with Gasteiger partial charge < -0.3 is 10.3 Å². The quantitative estimate of drug-likeness (QED) is 0.757. The van der Waals surface area contributed by atoms with Gasteiger partial charge in [0.25, 0.3) is 5.56 Å². The van der Waals surface area contributed by atoms with Crippen LogP contribution in [0.2, 0.25) is 0 Å². The summed E-state index contributed by atoms with van der Waals surface area (Å²) >= 11 is 0. The lowest BCUT2D eigenvalue weighted by atomic mass is 10.0. The van der Waals surface area contributed by atoms with Gasteiger partial charge in [0.15, 0.2) is 0 Å². The highest BCUT2D eigenvalue weighted by Gasteiger charge is 2.09. The van der Waals surface area contributed by atoms with Gasteiger partial charge in [0, 0.05) is 28.6 Å². The number of benzene rings is 2. The van der Waals surface area contributed by atoms with Crippen LogP contribution in [0.15, 0.2) is 47.3 Å². The van der Waals surface area contributed by atoms with E-state index in [1.165, 1.54) is 0 Å². The highest BCUT2D eigenvalue weighted by Crippen LogP contribution is 2.19. The fraction of sp³-hybridized carbons (Fsp3) is 0.238. The first-order chi connectivity index (χ1) is 11.9. The van der Waals surface area contributed by atoms with Crippen LogP contribution in [-0.2, 0) is 11.2 Å². The summed E-state index contributed by atoms with van der Waals surface area (Å²) < 4.78 is 0. The molecule has 1 aromatic heterocycles. The summed E-state index contributed by atoms with van der Waals surface area (Å²) in [4.78, 5) is 27.4. The van der Waals surface area contributed by atoms with Gasteiger partial charge in [-0.25, -0.2) is 0 Å². The SMILES string of the molecule is Cc1cccc(NC(=O)CCc2cc3c(C)cc(C)cc3[nH]c2=O)c1. The summed E-state index contributed by atoms with van der Waals surface area (Å²) in [7, 11) is 0. The number of fused-ring (bicyclic) bond motifs is 1. The Morgan fingerprint density at radius 3 is 2.60 bits per heavy atom. The maximum atomic E-state index is 12.3. The molecule has 0 spiro atoms. The Balaban J connectivity index is 1.75. The summed E-state index contributed by atoms with van der Waals surface area (Å²) in [6, 6.07) is 13.6. The normalized spacial score (nSPS) is 10.8. The second kappa shape index (κ2) is 6.93. The molecule has 3 rings (SSSR count). The molecule has 128 valence electrons. The van der Waals surface area contributed by atoms with Gasteiger partial charge in [0.05, 0.1) is 0 Å². The average molecular weight is 334 g/mol. The fourth-order valence-electron chi connectivity index (χ4n) is 3.10. The van der Waals surface area contributed by atoms with Crippen LogP contribution in [0.5, 0.6) is 0 Å².